The first-order valence-corrected chi connectivity index (χ1v) is 10.00. The Morgan fingerprint density at radius 2 is 1.83 bits per heavy atom. The minimum Gasteiger partial charge on any atom is -0.489 e. The van der Waals surface area contributed by atoms with Gasteiger partial charge in [0, 0.05) is 15.1 Å². The van der Waals surface area contributed by atoms with Gasteiger partial charge in [0.25, 0.3) is 0 Å². The largest absolute Gasteiger partial charge is 0.489 e. The minimum absolute atomic E-state index is 0.245. The molecular formula is C23H15BrClNO3. The number of esters is 1. The fourth-order valence-corrected chi connectivity index (χ4v) is 3.28. The van der Waals surface area contributed by atoms with Gasteiger partial charge in [-0.25, -0.2) is 9.79 Å². The zero-order valence-electron chi connectivity index (χ0n) is 15.1. The van der Waals surface area contributed by atoms with Crippen molar-refractivity contribution in [3.63, 3.8) is 0 Å². The number of ether oxygens (including phenoxy) is 2. The standard InChI is InChI=1S/C23H15BrClNO3/c24-18-5-2-4-17(13-18)22-26-21(23(27)29-22)12-16-3-1-6-20(11-16)28-14-15-7-9-19(25)10-8-15/h1-13H,14H2/b21-12-. The van der Waals surface area contributed by atoms with Crippen LogP contribution in [0.5, 0.6) is 5.75 Å². The molecule has 3 aromatic carbocycles. The zero-order valence-corrected chi connectivity index (χ0v) is 17.5. The third-order valence-electron chi connectivity index (χ3n) is 4.17. The Morgan fingerprint density at radius 3 is 2.62 bits per heavy atom. The Balaban J connectivity index is 1.51. The van der Waals surface area contributed by atoms with E-state index >= 15 is 0 Å². The molecule has 0 N–H and O–H groups in total. The molecule has 6 heteroatoms. The van der Waals surface area contributed by atoms with Crippen LogP contribution >= 0.6 is 27.5 Å². The van der Waals surface area contributed by atoms with E-state index in [1.165, 1.54) is 0 Å². The van der Waals surface area contributed by atoms with Gasteiger partial charge in [-0.2, -0.15) is 0 Å². The van der Waals surface area contributed by atoms with Crippen LogP contribution in [-0.4, -0.2) is 11.9 Å². The molecule has 1 heterocycles. The molecule has 0 saturated carbocycles. The summed E-state index contributed by atoms with van der Waals surface area (Å²) < 4.78 is 12.0. The second-order valence-electron chi connectivity index (χ2n) is 6.33. The average molecular weight is 469 g/mol. The van der Waals surface area contributed by atoms with E-state index in [2.05, 4.69) is 20.9 Å². The Bertz CT molecular complexity index is 1120. The highest BCUT2D eigenvalue weighted by molar-refractivity contribution is 9.10. The summed E-state index contributed by atoms with van der Waals surface area (Å²) in [5.41, 5.74) is 2.79. The molecule has 0 spiro atoms. The third kappa shape index (κ3) is 4.94. The van der Waals surface area contributed by atoms with E-state index in [0.29, 0.717) is 17.4 Å². The van der Waals surface area contributed by atoms with Crippen molar-refractivity contribution in [2.45, 2.75) is 6.61 Å². The van der Waals surface area contributed by atoms with E-state index < -0.39 is 5.97 Å². The molecule has 0 atom stereocenters. The summed E-state index contributed by atoms with van der Waals surface area (Å²) in [5.74, 6) is 0.502. The predicted octanol–water partition coefficient (Wildman–Crippen LogP) is 6.03. The second-order valence-corrected chi connectivity index (χ2v) is 7.69. The molecule has 0 bridgehead atoms. The van der Waals surface area contributed by atoms with E-state index in [1.807, 2.05) is 72.8 Å². The van der Waals surface area contributed by atoms with Crippen molar-refractivity contribution < 1.29 is 14.3 Å². The first-order chi connectivity index (χ1) is 14.1. The van der Waals surface area contributed by atoms with Gasteiger partial charge in [-0.15, -0.1) is 0 Å². The van der Waals surface area contributed by atoms with Gasteiger partial charge in [-0.05, 0) is 59.7 Å². The fourth-order valence-electron chi connectivity index (χ4n) is 2.75. The molecule has 0 aromatic heterocycles. The number of carbonyl (C=O) groups is 1. The maximum absolute atomic E-state index is 12.2. The van der Waals surface area contributed by atoms with Gasteiger partial charge in [-0.3, -0.25) is 0 Å². The molecule has 0 unspecified atom stereocenters. The van der Waals surface area contributed by atoms with E-state index in [9.17, 15) is 4.79 Å². The maximum atomic E-state index is 12.2. The average Bonchev–Trinajstić information content (AvgIpc) is 3.08. The summed E-state index contributed by atoms with van der Waals surface area (Å²) >= 11 is 9.31. The Hall–Kier alpha value is -2.89. The Labute approximate surface area is 181 Å². The van der Waals surface area contributed by atoms with Crippen LogP contribution in [0.1, 0.15) is 16.7 Å². The second kappa shape index (κ2) is 8.64. The van der Waals surface area contributed by atoms with E-state index in [-0.39, 0.29) is 11.6 Å². The lowest BCUT2D eigenvalue weighted by atomic mass is 10.2. The summed E-state index contributed by atoms with van der Waals surface area (Å²) in [5, 5.41) is 0.689. The number of hydrogen-bond acceptors (Lipinski definition) is 4. The number of halogens is 2. The summed E-state index contributed by atoms with van der Waals surface area (Å²) in [6.07, 6.45) is 1.68. The fraction of sp³-hybridized carbons (Fsp3) is 0.0435. The quantitative estimate of drug-likeness (QED) is 0.339. The lowest BCUT2D eigenvalue weighted by molar-refractivity contribution is -0.129. The van der Waals surface area contributed by atoms with Crippen molar-refractivity contribution in [2.24, 2.45) is 4.99 Å². The normalized spacial score (nSPS) is 14.6. The molecule has 3 aromatic rings. The van der Waals surface area contributed by atoms with Gasteiger partial charge in [-0.1, -0.05) is 57.9 Å². The van der Waals surface area contributed by atoms with Crippen molar-refractivity contribution in [3.8, 4) is 5.75 Å². The number of hydrogen-bond donors (Lipinski definition) is 0. The van der Waals surface area contributed by atoms with Gasteiger partial charge in [0.15, 0.2) is 5.70 Å². The van der Waals surface area contributed by atoms with Gasteiger partial charge in [0.1, 0.15) is 12.4 Å². The number of cyclic esters (lactones) is 1. The van der Waals surface area contributed by atoms with Crippen LogP contribution in [0.2, 0.25) is 5.02 Å². The van der Waals surface area contributed by atoms with Crippen LogP contribution in [0, 0.1) is 0 Å². The molecule has 4 nitrogen and oxygen atoms in total. The number of rotatable bonds is 5. The van der Waals surface area contributed by atoms with Crippen molar-refractivity contribution in [3.05, 3.63) is 105 Å². The number of carbonyl (C=O) groups excluding carboxylic acids is 1. The molecule has 0 amide bonds. The van der Waals surface area contributed by atoms with Crippen LogP contribution in [0.25, 0.3) is 6.08 Å². The Morgan fingerprint density at radius 1 is 1.03 bits per heavy atom. The van der Waals surface area contributed by atoms with E-state index in [4.69, 9.17) is 21.1 Å². The van der Waals surface area contributed by atoms with Gasteiger partial charge in [0.05, 0.1) is 0 Å². The molecule has 0 aliphatic carbocycles. The molecule has 29 heavy (non-hydrogen) atoms. The SMILES string of the molecule is O=C1OC(c2cccc(Br)c2)=N/C1=C\c1cccc(OCc2ccc(Cl)cc2)c1. The maximum Gasteiger partial charge on any atom is 0.363 e. The van der Waals surface area contributed by atoms with Crippen LogP contribution in [0.3, 0.4) is 0 Å². The van der Waals surface area contributed by atoms with Crippen LogP contribution in [0.4, 0.5) is 0 Å². The van der Waals surface area contributed by atoms with Crippen molar-refractivity contribution in [1.29, 1.82) is 0 Å². The number of aliphatic imine (C=N–C) groups is 1. The summed E-state index contributed by atoms with van der Waals surface area (Å²) in [4.78, 5) is 16.6. The van der Waals surface area contributed by atoms with E-state index in [1.54, 1.807) is 6.08 Å². The third-order valence-corrected chi connectivity index (χ3v) is 4.92. The first-order valence-electron chi connectivity index (χ1n) is 8.83. The zero-order chi connectivity index (χ0) is 20.2. The molecule has 0 radical (unpaired) electrons. The lowest BCUT2D eigenvalue weighted by Crippen LogP contribution is -2.05. The highest BCUT2D eigenvalue weighted by Crippen LogP contribution is 2.23. The molecule has 0 saturated heterocycles. The Kier molecular flexibility index (Phi) is 5.79. The van der Waals surface area contributed by atoms with E-state index in [0.717, 1.165) is 21.2 Å². The minimum atomic E-state index is -0.479. The van der Waals surface area contributed by atoms with Crippen LogP contribution in [-0.2, 0) is 16.1 Å². The summed E-state index contributed by atoms with van der Waals surface area (Å²) in [7, 11) is 0. The smallest absolute Gasteiger partial charge is 0.363 e. The molecule has 1 aliphatic heterocycles. The number of nitrogens with zero attached hydrogens (tertiary/aromatic N) is 1. The summed E-state index contributed by atoms with van der Waals surface area (Å²) in [6, 6.07) is 22.4. The molecular weight excluding hydrogens is 454 g/mol. The molecule has 144 valence electrons. The molecule has 0 fully saturated rings. The van der Waals surface area contributed by atoms with Gasteiger partial charge < -0.3 is 9.47 Å². The molecule has 1 aliphatic rings. The lowest BCUT2D eigenvalue weighted by Gasteiger charge is -2.07. The van der Waals surface area contributed by atoms with Crippen LogP contribution < -0.4 is 4.74 Å². The first kappa shape index (κ1) is 19.4. The van der Waals surface area contributed by atoms with Crippen molar-refractivity contribution in [1.82, 2.24) is 0 Å². The summed E-state index contributed by atoms with van der Waals surface area (Å²) in [6.45, 7) is 0.421. The van der Waals surface area contributed by atoms with Crippen LogP contribution in [0.15, 0.2) is 88.0 Å². The highest BCUT2D eigenvalue weighted by Gasteiger charge is 2.24. The van der Waals surface area contributed by atoms with Gasteiger partial charge >= 0.3 is 5.97 Å². The molecule has 4 rings (SSSR count). The van der Waals surface area contributed by atoms with Crippen molar-refractivity contribution >= 4 is 45.5 Å². The topological polar surface area (TPSA) is 47.9 Å². The van der Waals surface area contributed by atoms with Crippen molar-refractivity contribution in [2.75, 3.05) is 0 Å². The van der Waals surface area contributed by atoms with Gasteiger partial charge in [0.2, 0.25) is 5.90 Å². The predicted molar refractivity (Wildman–Crippen MR) is 117 cm³/mol. The monoisotopic (exact) mass is 467 g/mol. The number of benzene rings is 3. The highest BCUT2D eigenvalue weighted by atomic mass is 79.9.